The molecule has 0 saturated carbocycles. The molecule has 0 spiro atoms. The zero-order valence-electron chi connectivity index (χ0n) is 19.6. The number of hydrogen-bond acceptors (Lipinski definition) is 5. The van der Waals surface area contributed by atoms with Gasteiger partial charge in [0.2, 0.25) is 5.95 Å². The second-order valence-electron chi connectivity index (χ2n) is 8.45. The Bertz CT molecular complexity index is 1290. The summed E-state index contributed by atoms with van der Waals surface area (Å²) in [7, 11) is 5.78. The van der Waals surface area contributed by atoms with Gasteiger partial charge in [0.1, 0.15) is 5.82 Å². The van der Waals surface area contributed by atoms with Gasteiger partial charge in [-0.25, -0.2) is 9.37 Å². The summed E-state index contributed by atoms with van der Waals surface area (Å²) in [6.45, 7) is 0.605. The van der Waals surface area contributed by atoms with E-state index in [1.54, 1.807) is 31.6 Å². The summed E-state index contributed by atoms with van der Waals surface area (Å²) >= 11 is 0. The number of nitrogens with one attached hydrogen (secondary N) is 1. The molecule has 34 heavy (non-hydrogen) atoms. The van der Waals surface area contributed by atoms with Gasteiger partial charge in [-0.2, -0.15) is 0 Å². The fourth-order valence-corrected chi connectivity index (χ4v) is 3.89. The molecule has 0 aliphatic rings. The van der Waals surface area contributed by atoms with Crippen LogP contribution in [-0.2, 0) is 13.5 Å². The number of aromatic nitrogens is 3. The third-order valence-electron chi connectivity index (χ3n) is 5.92. The highest BCUT2D eigenvalue weighted by Gasteiger charge is 2.19. The third-order valence-corrected chi connectivity index (χ3v) is 5.92. The molecular weight excluding hydrogens is 429 g/mol. The van der Waals surface area contributed by atoms with Crippen molar-refractivity contribution in [2.75, 3.05) is 26.0 Å². The van der Waals surface area contributed by atoms with Gasteiger partial charge in [-0.15, -0.1) is 0 Å². The van der Waals surface area contributed by atoms with Crippen LogP contribution in [-0.4, -0.2) is 46.1 Å². The van der Waals surface area contributed by atoms with Crippen LogP contribution in [0.1, 0.15) is 5.56 Å². The van der Waals surface area contributed by atoms with E-state index in [1.807, 2.05) is 44.4 Å². The predicted molar refractivity (Wildman–Crippen MR) is 134 cm³/mol. The number of hydrogen-bond donors (Lipinski definition) is 1. The van der Waals surface area contributed by atoms with E-state index in [0.717, 1.165) is 12.0 Å². The number of rotatable bonds is 8. The zero-order chi connectivity index (χ0) is 24.1. The molecule has 4 aromatic rings. The van der Waals surface area contributed by atoms with Gasteiger partial charge < -0.3 is 10.2 Å². The lowest BCUT2D eigenvalue weighted by molar-refractivity contribution is 0.303. The maximum absolute atomic E-state index is 13.5. The van der Waals surface area contributed by atoms with Gasteiger partial charge >= 0.3 is 0 Å². The van der Waals surface area contributed by atoms with Crippen LogP contribution < -0.4 is 10.9 Å². The normalized spacial score (nSPS) is 12.0. The Morgan fingerprint density at radius 3 is 2.29 bits per heavy atom. The molecule has 0 radical (unpaired) electrons. The number of anilines is 1. The highest BCUT2D eigenvalue weighted by atomic mass is 19.1. The lowest BCUT2D eigenvalue weighted by Crippen LogP contribution is -2.37. The van der Waals surface area contributed by atoms with Crippen molar-refractivity contribution in [3.05, 3.63) is 101 Å². The molecule has 2 aromatic heterocycles. The van der Waals surface area contributed by atoms with Gasteiger partial charge in [-0.3, -0.25) is 14.3 Å². The molecule has 0 unspecified atom stereocenters. The molecule has 0 fully saturated rings. The Labute approximate surface area is 198 Å². The summed E-state index contributed by atoms with van der Waals surface area (Å²) in [6.07, 6.45) is 4.19. The minimum atomic E-state index is -0.356. The average molecular weight is 458 g/mol. The highest BCUT2D eigenvalue weighted by Crippen LogP contribution is 2.28. The van der Waals surface area contributed by atoms with E-state index in [1.165, 1.54) is 22.3 Å². The molecule has 0 amide bonds. The minimum Gasteiger partial charge on any atom is -0.354 e. The Hall–Kier alpha value is -3.84. The summed E-state index contributed by atoms with van der Waals surface area (Å²) in [5.74, 6) is 0.119. The predicted octanol–water partition coefficient (Wildman–Crippen LogP) is 4.23. The van der Waals surface area contributed by atoms with Crippen LogP contribution in [0, 0.1) is 5.82 Å². The fourth-order valence-electron chi connectivity index (χ4n) is 3.89. The van der Waals surface area contributed by atoms with Crippen molar-refractivity contribution in [2.45, 2.75) is 12.5 Å². The summed E-state index contributed by atoms with van der Waals surface area (Å²) in [6, 6.07) is 20.0. The Morgan fingerprint density at radius 2 is 1.65 bits per heavy atom. The molecule has 1 atom stereocenters. The van der Waals surface area contributed by atoms with Crippen molar-refractivity contribution >= 4 is 5.95 Å². The number of pyridine rings is 1. The van der Waals surface area contributed by atoms with Crippen molar-refractivity contribution in [2.24, 2.45) is 7.05 Å². The SMILES string of the molecule is CN(C)[C@H](CNc1nc(-c2ccncc2)c(-c2ccc(F)cc2)c(=O)n1C)Cc1ccccc1. The van der Waals surface area contributed by atoms with Crippen molar-refractivity contribution in [1.82, 2.24) is 19.4 Å². The van der Waals surface area contributed by atoms with Crippen molar-refractivity contribution in [3.8, 4) is 22.4 Å². The number of benzene rings is 2. The van der Waals surface area contributed by atoms with E-state index in [0.29, 0.717) is 29.3 Å². The van der Waals surface area contributed by atoms with Crippen LogP contribution in [0.4, 0.5) is 10.3 Å². The monoisotopic (exact) mass is 457 g/mol. The molecule has 174 valence electrons. The van der Waals surface area contributed by atoms with Crippen LogP contribution in [0.5, 0.6) is 0 Å². The molecule has 4 rings (SSSR count). The van der Waals surface area contributed by atoms with Gasteiger partial charge in [0.25, 0.3) is 5.56 Å². The first-order valence-electron chi connectivity index (χ1n) is 11.2. The smallest absolute Gasteiger partial charge is 0.263 e. The van der Waals surface area contributed by atoms with Crippen LogP contribution >= 0.6 is 0 Å². The maximum Gasteiger partial charge on any atom is 0.263 e. The second-order valence-corrected chi connectivity index (χ2v) is 8.45. The first-order chi connectivity index (χ1) is 16.4. The van der Waals surface area contributed by atoms with Gasteiger partial charge in [0.05, 0.1) is 11.3 Å². The highest BCUT2D eigenvalue weighted by molar-refractivity contribution is 5.80. The molecule has 0 aliphatic carbocycles. The van der Waals surface area contributed by atoms with Gasteiger partial charge in [-0.05, 0) is 55.9 Å². The third kappa shape index (κ3) is 5.21. The van der Waals surface area contributed by atoms with Gasteiger partial charge in [-0.1, -0.05) is 42.5 Å². The van der Waals surface area contributed by atoms with Crippen LogP contribution in [0.15, 0.2) is 83.9 Å². The van der Waals surface area contributed by atoms with Gasteiger partial charge in [0.15, 0.2) is 0 Å². The Balaban J connectivity index is 1.71. The van der Waals surface area contributed by atoms with Gasteiger partial charge in [0, 0.05) is 37.6 Å². The molecule has 0 aliphatic heterocycles. The zero-order valence-corrected chi connectivity index (χ0v) is 19.6. The van der Waals surface area contributed by atoms with Crippen molar-refractivity contribution < 1.29 is 4.39 Å². The van der Waals surface area contributed by atoms with E-state index in [-0.39, 0.29) is 17.4 Å². The quantitative estimate of drug-likeness (QED) is 0.429. The van der Waals surface area contributed by atoms with Crippen LogP contribution in [0.3, 0.4) is 0 Å². The lowest BCUT2D eigenvalue weighted by atomic mass is 10.0. The summed E-state index contributed by atoms with van der Waals surface area (Å²) in [4.78, 5) is 24.6. The summed E-state index contributed by atoms with van der Waals surface area (Å²) < 4.78 is 15.1. The van der Waals surface area contributed by atoms with E-state index in [2.05, 4.69) is 27.3 Å². The second kappa shape index (κ2) is 10.4. The molecule has 7 heteroatoms. The summed E-state index contributed by atoms with van der Waals surface area (Å²) in [5, 5.41) is 3.39. The molecule has 1 N–H and O–H groups in total. The standard InChI is InChI=1S/C27H28FN5O/c1-32(2)23(17-19-7-5-4-6-8-19)18-30-27-31-25(21-13-15-29-16-14-21)24(26(34)33(27)3)20-9-11-22(28)12-10-20/h4-16,23H,17-18H2,1-3H3,(H,30,31)/t23-/m0/s1. The van der Waals surface area contributed by atoms with Crippen LogP contribution in [0.25, 0.3) is 22.4 Å². The van der Waals surface area contributed by atoms with Crippen molar-refractivity contribution in [1.29, 1.82) is 0 Å². The first kappa shape index (κ1) is 23.3. The fraction of sp³-hybridized carbons (Fsp3) is 0.222. The molecule has 2 heterocycles. The van der Waals surface area contributed by atoms with E-state index in [9.17, 15) is 9.18 Å². The summed E-state index contributed by atoms with van der Waals surface area (Å²) in [5.41, 5.74) is 3.37. The molecule has 6 nitrogen and oxygen atoms in total. The average Bonchev–Trinajstić information content (AvgIpc) is 2.85. The first-order valence-corrected chi connectivity index (χ1v) is 11.2. The largest absolute Gasteiger partial charge is 0.354 e. The molecule has 2 aromatic carbocycles. The van der Waals surface area contributed by atoms with E-state index in [4.69, 9.17) is 4.98 Å². The Morgan fingerprint density at radius 1 is 0.971 bits per heavy atom. The minimum absolute atomic E-state index is 0.195. The molecule has 0 saturated heterocycles. The van der Waals surface area contributed by atoms with E-state index < -0.39 is 0 Å². The number of likely N-dealkylation sites (N-methyl/N-ethyl adjacent to an activating group) is 1. The molecular formula is C27H28FN5O. The van der Waals surface area contributed by atoms with E-state index >= 15 is 0 Å². The van der Waals surface area contributed by atoms with Crippen LogP contribution in [0.2, 0.25) is 0 Å². The topological polar surface area (TPSA) is 63.0 Å². The Kier molecular flexibility index (Phi) is 7.13. The lowest BCUT2D eigenvalue weighted by Gasteiger charge is -2.26. The maximum atomic E-state index is 13.5. The number of nitrogens with zero attached hydrogens (tertiary/aromatic N) is 4. The molecule has 0 bridgehead atoms. The van der Waals surface area contributed by atoms with Crippen molar-refractivity contribution in [3.63, 3.8) is 0 Å². The number of halogens is 1.